The number of aromatic nitrogens is 2. The Labute approximate surface area is 248 Å². The fraction of sp³-hybridized carbons (Fsp3) is 0.188. The molecule has 1 aliphatic rings. The summed E-state index contributed by atoms with van der Waals surface area (Å²) in [4.78, 5) is 37.2. The number of amidine groups is 1. The summed E-state index contributed by atoms with van der Waals surface area (Å²) in [5.41, 5.74) is 6.24. The normalized spacial score (nSPS) is 15.4. The van der Waals surface area contributed by atoms with E-state index >= 15 is 0 Å². The first-order chi connectivity index (χ1) is 20.3. The molecule has 1 N–H and O–H groups in total. The number of nitrogens with one attached hydrogen (secondary N) is 1. The van der Waals surface area contributed by atoms with Crippen LogP contribution in [0.3, 0.4) is 0 Å². The largest absolute Gasteiger partial charge is 0.845 e. The molecule has 212 valence electrons. The highest BCUT2D eigenvalue weighted by molar-refractivity contribution is 6.29. The topological polar surface area (TPSA) is 114 Å². The van der Waals surface area contributed by atoms with Crippen LogP contribution in [0.15, 0.2) is 101 Å². The van der Waals surface area contributed by atoms with Gasteiger partial charge in [0.15, 0.2) is 5.92 Å². The molecule has 0 fully saturated rings. The minimum absolute atomic E-state index is 0.235. The zero-order valence-electron chi connectivity index (χ0n) is 23.1. The van der Waals surface area contributed by atoms with E-state index in [0.29, 0.717) is 23.1 Å². The Balaban J connectivity index is 1.42. The number of aliphatic imine (C=N–C) groups is 1. The van der Waals surface area contributed by atoms with E-state index in [1.54, 1.807) is 53.8 Å². The van der Waals surface area contributed by atoms with Crippen LogP contribution in [0.5, 0.6) is 0 Å². The van der Waals surface area contributed by atoms with Crippen LogP contribution in [0.25, 0.3) is 11.1 Å². The Bertz CT molecular complexity index is 1670. The van der Waals surface area contributed by atoms with Crippen LogP contribution < -0.4 is 20.0 Å². The number of carbonyl (C=O) groups is 2. The lowest BCUT2D eigenvalue weighted by molar-refractivity contribution is -0.563. The Morgan fingerprint density at radius 2 is 1.86 bits per heavy atom. The molecule has 4 aromatic rings. The molecule has 1 unspecified atom stereocenters. The van der Waals surface area contributed by atoms with Gasteiger partial charge in [-0.25, -0.2) is 14.6 Å². The monoisotopic (exact) mass is 580 g/mol. The van der Waals surface area contributed by atoms with Crippen molar-refractivity contribution in [2.45, 2.75) is 26.3 Å². The Hall–Kier alpha value is -4.89. The third kappa shape index (κ3) is 6.53. The average molecular weight is 581 g/mol. The molecule has 0 aliphatic carbocycles. The summed E-state index contributed by atoms with van der Waals surface area (Å²) >= 11 is 5.95. The van der Waals surface area contributed by atoms with Gasteiger partial charge in [0.25, 0.3) is 5.82 Å². The van der Waals surface area contributed by atoms with Gasteiger partial charge in [-0.05, 0) is 52.4 Å². The summed E-state index contributed by atoms with van der Waals surface area (Å²) < 4.78 is 1.51. The Morgan fingerprint density at radius 3 is 2.62 bits per heavy atom. The highest BCUT2D eigenvalue weighted by Gasteiger charge is 2.47. The zero-order valence-corrected chi connectivity index (χ0v) is 23.9. The van der Waals surface area contributed by atoms with Gasteiger partial charge in [-0.2, -0.15) is 14.6 Å². The fourth-order valence-corrected chi connectivity index (χ4v) is 4.75. The maximum absolute atomic E-state index is 13.9. The molecular weight excluding hydrogens is 552 g/mol. The van der Waals surface area contributed by atoms with Crippen molar-refractivity contribution >= 4 is 41.5 Å². The lowest BCUT2D eigenvalue weighted by Crippen LogP contribution is -2.59. The number of carbonyl (C=O) groups excluding carboxylic acids is 2. The third-order valence-corrected chi connectivity index (χ3v) is 6.88. The van der Waals surface area contributed by atoms with Crippen LogP contribution in [-0.2, 0) is 11.3 Å². The van der Waals surface area contributed by atoms with Gasteiger partial charge in [0.05, 0.1) is 18.4 Å². The molecule has 2 aromatic carbocycles. The van der Waals surface area contributed by atoms with E-state index in [1.165, 1.54) is 4.57 Å². The smallest absolute Gasteiger partial charge is 0.333 e. The minimum Gasteiger partial charge on any atom is -0.845 e. The first-order valence-corrected chi connectivity index (χ1v) is 13.9. The molecule has 2 aromatic heterocycles. The van der Waals surface area contributed by atoms with Crippen LogP contribution in [0, 0.1) is 5.92 Å². The molecule has 0 radical (unpaired) electrons. The van der Waals surface area contributed by atoms with Crippen molar-refractivity contribution in [2.75, 3.05) is 11.4 Å². The van der Waals surface area contributed by atoms with Gasteiger partial charge >= 0.3 is 11.8 Å². The van der Waals surface area contributed by atoms with E-state index in [1.807, 2.05) is 62.4 Å². The maximum Gasteiger partial charge on any atom is 0.333 e. The number of hydrogen-bond acceptors (Lipinski definition) is 6. The van der Waals surface area contributed by atoms with E-state index in [2.05, 4.69) is 20.5 Å². The molecule has 1 atom stereocenters. The van der Waals surface area contributed by atoms with E-state index in [-0.39, 0.29) is 24.3 Å². The third-order valence-electron chi connectivity index (χ3n) is 6.66. The van der Waals surface area contributed by atoms with Crippen molar-refractivity contribution in [3.63, 3.8) is 0 Å². The summed E-state index contributed by atoms with van der Waals surface area (Å²) in [5.74, 6) is -0.898. The van der Waals surface area contributed by atoms with Gasteiger partial charge in [-0.15, -0.1) is 0 Å². The summed E-state index contributed by atoms with van der Waals surface area (Å²) in [6.07, 6.45) is 4.84. The van der Waals surface area contributed by atoms with Gasteiger partial charge in [0, 0.05) is 24.4 Å². The number of amides is 1. The molecule has 0 saturated carbocycles. The van der Waals surface area contributed by atoms with E-state index in [0.717, 1.165) is 22.3 Å². The van der Waals surface area contributed by atoms with Crippen molar-refractivity contribution in [3.8, 4) is 11.1 Å². The van der Waals surface area contributed by atoms with Crippen LogP contribution in [0.4, 0.5) is 5.82 Å². The second kappa shape index (κ2) is 12.7. The molecule has 0 spiro atoms. The number of hydrazone groups is 1. The van der Waals surface area contributed by atoms with Crippen LogP contribution in [0.2, 0.25) is 5.15 Å². The summed E-state index contributed by atoms with van der Waals surface area (Å²) in [7, 11) is 0. The molecule has 1 amide bonds. The Kier molecular flexibility index (Phi) is 8.68. The second-order valence-corrected chi connectivity index (χ2v) is 10.7. The number of rotatable bonds is 8. The predicted molar refractivity (Wildman–Crippen MR) is 160 cm³/mol. The number of fused-ring (bicyclic) bond motifs is 1. The fourth-order valence-electron chi connectivity index (χ4n) is 4.64. The standard InChI is InChI=1S/C32H29ClN6O3/c1-21(2)17-35-32(42)37-36-19-22-7-5-8-24(15-22)25-9-6-10-26(16-25)29-30(40)38-14-4-3-11-28(38)39(31(29)41)20-23-12-13-27(33)34-18-23/h3-16,18-19,21,29H,17,20H2,1-2H3,(H-,35,37,42)/b36-19+. The predicted octanol–water partition coefficient (Wildman–Crippen LogP) is 3.96. The number of hydrogen-bond donors (Lipinski definition) is 1. The quantitative estimate of drug-likeness (QED) is 0.0846. The number of halogens is 1. The maximum atomic E-state index is 13.9. The number of benzene rings is 2. The lowest BCUT2D eigenvalue weighted by Gasteiger charge is -2.26. The first-order valence-electron chi connectivity index (χ1n) is 13.5. The second-order valence-electron chi connectivity index (χ2n) is 10.3. The van der Waals surface area contributed by atoms with Crippen LogP contribution in [0.1, 0.15) is 41.3 Å². The van der Waals surface area contributed by atoms with Crippen molar-refractivity contribution in [3.05, 3.63) is 113 Å². The van der Waals surface area contributed by atoms with Crippen LogP contribution in [-0.4, -0.2) is 35.6 Å². The molecule has 1 aliphatic heterocycles. The van der Waals surface area contributed by atoms with Gasteiger partial charge in [-0.3, -0.25) is 10.4 Å². The van der Waals surface area contributed by atoms with Gasteiger partial charge < -0.3 is 5.11 Å². The zero-order chi connectivity index (χ0) is 29.6. The van der Waals surface area contributed by atoms with Crippen molar-refractivity contribution < 1.29 is 19.3 Å². The highest BCUT2D eigenvalue weighted by Crippen LogP contribution is 2.31. The number of anilines is 1. The summed E-state index contributed by atoms with van der Waals surface area (Å²) in [6, 6.07) is 23.3. The van der Waals surface area contributed by atoms with Crippen molar-refractivity contribution in [2.24, 2.45) is 16.0 Å². The van der Waals surface area contributed by atoms with Gasteiger partial charge in [0.1, 0.15) is 11.7 Å². The molecule has 5 rings (SSSR count). The molecular formula is C32H29ClN6O3. The van der Waals surface area contributed by atoms with Gasteiger partial charge in [0.2, 0.25) is 0 Å². The highest BCUT2D eigenvalue weighted by atomic mass is 35.5. The molecule has 10 heteroatoms. The molecule has 3 heterocycles. The molecule has 0 saturated heterocycles. The van der Waals surface area contributed by atoms with Crippen molar-refractivity contribution in [1.29, 1.82) is 0 Å². The van der Waals surface area contributed by atoms with E-state index in [4.69, 9.17) is 11.6 Å². The number of pyridine rings is 2. The molecule has 9 nitrogen and oxygen atoms in total. The average Bonchev–Trinajstić information content (AvgIpc) is 2.99. The van der Waals surface area contributed by atoms with Crippen molar-refractivity contribution in [1.82, 2.24) is 10.4 Å². The van der Waals surface area contributed by atoms with E-state index in [9.17, 15) is 14.7 Å². The van der Waals surface area contributed by atoms with E-state index < -0.39 is 11.9 Å². The molecule has 42 heavy (non-hydrogen) atoms. The summed E-state index contributed by atoms with van der Waals surface area (Å²) in [6.45, 7) is 4.62. The minimum atomic E-state index is -1.03. The Morgan fingerprint density at radius 1 is 1.07 bits per heavy atom. The SMILES string of the molecule is CC(C)CN=C([O-])N/N=C/c1cccc(-c2cccc(C3C(=O)N(Cc4ccc(Cl)nc4)c4cccc[n+]4C3=O)c2)c1. The number of nitrogens with zero attached hydrogens (tertiary/aromatic N) is 5. The molecule has 0 bridgehead atoms. The lowest BCUT2D eigenvalue weighted by atomic mass is 9.91. The summed E-state index contributed by atoms with van der Waals surface area (Å²) in [5, 5.41) is 16.2. The van der Waals surface area contributed by atoms with Gasteiger partial charge in [-0.1, -0.05) is 74.0 Å². The van der Waals surface area contributed by atoms with Crippen LogP contribution >= 0.6 is 11.6 Å². The first kappa shape index (κ1) is 28.6.